The molecular formula is C4H5N3OS. The van der Waals surface area contributed by atoms with Crippen LogP contribution in [0.3, 0.4) is 0 Å². The first-order valence-electron chi connectivity index (χ1n) is 2.30. The second-order valence-corrected chi connectivity index (χ2v) is 2.09. The van der Waals surface area contributed by atoms with Crippen molar-refractivity contribution in [1.82, 2.24) is 9.59 Å². The van der Waals surface area contributed by atoms with Crippen molar-refractivity contribution >= 4 is 17.2 Å². The van der Waals surface area contributed by atoms with E-state index in [1.165, 1.54) is 11.5 Å². The highest BCUT2D eigenvalue weighted by atomic mass is 32.1. The van der Waals surface area contributed by atoms with E-state index in [-0.39, 0.29) is 0 Å². The molecule has 0 atom stereocenters. The lowest BCUT2D eigenvalue weighted by atomic mass is 10.3. The molecule has 9 heavy (non-hydrogen) atoms. The van der Waals surface area contributed by atoms with Crippen LogP contribution in [0.4, 0.5) is 0 Å². The molecule has 48 valence electrons. The maximum Gasteiger partial charge on any atom is 0.123 e. The highest BCUT2D eigenvalue weighted by Gasteiger charge is 1.98. The second-order valence-electron chi connectivity index (χ2n) is 1.48. The van der Waals surface area contributed by atoms with Crippen molar-refractivity contribution in [2.75, 3.05) is 0 Å². The van der Waals surface area contributed by atoms with Gasteiger partial charge in [-0.1, -0.05) is 9.64 Å². The maximum atomic E-state index is 8.23. The Hall–Kier alpha value is -0.970. The first-order valence-corrected chi connectivity index (χ1v) is 3.14. The van der Waals surface area contributed by atoms with Gasteiger partial charge in [-0.05, 0) is 18.5 Å². The number of aromatic nitrogens is 2. The lowest BCUT2D eigenvalue weighted by molar-refractivity contribution is 0.319. The maximum absolute atomic E-state index is 8.23. The molecule has 0 saturated heterocycles. The van der Waals surface area contributed by atoms with Crippen LogP contribution in [0, 0.1) is 0 Å². The fourth-order valence-corrected chi connectivity index (χ4v) is 0.873. The van der Waals surface area contributed by atoms with Crippen molar-refractivity contribution in [3.8, 4) is 0 Å². The summed E-state index contributed by atoms with van der Waals surface area (Å²) in [6, 6.07) is 0. The van der Waals surface area contributed by atoms with E-state index >= 15 is 0 Å². The molecule has 0 unspecified atom stereocenters. The van der Waals surface area contributed by atoms with Crippen molar-refractivity contribution in [1.29, 1.82) is 0 Å². The van der Waals surface area contributed by atoms with E-state index in [2.05, 4.69) is 14.7 Å². The highest BCUT2D eigenvalue weighted by Crippen LogP contribution is 1.97. The average Bonchev–Trinajstić information content (AvgIpc) is 2.37. The van der Waals surface area contributed by atoms with E-state index in [9.17, 15) is 0 Å². The summed E-state index contributed by atoms with van der Waals surface area (Å²) in [5, 5.41) is 16.6. The molecular weight excluding hydrogens is 138 g/mol. The molecule has 0 aliphatic carbocycles. The average molecular weight is 143 g/mol. The van der Waals surface area contributed by atoms with Gasteiger partial charge in [-0.25, -0.2) is 0 Å². The van der Waals surface area contributed by atoms with E-state index in [1.807, 2.05) is 0 Å². The molecule has 0 aromatic carbocycles. The minimum absolute atomic E-state index is 0.490. The largest absolute Gasteiger partial charge is 0.411 e. The monoisotopic (exact) mass is 143 g/mol. The highest BCUT2D eigenvalue weighted by molar-refractivity contribution is 7.03. The SMILES string of the molecule is C/C(=N\O)c1csnn1. The third-order valence-electron chi connectivity index (χ3n) is 0.881. The predicted octanol–water partition coefficient (Wildman–Crippen LogP) is 0.736. The van der Waals surface area contributed by atoms with Gasteiger partial charge in [0, 0.05) is 5.38 Å². The molecule has 1 rings (SSSR count). The van der Waals surface area contributed by atoms with Crippen molar-refractivity contribution in [3.05, 3.63) is 11.1 Å². The summed E-state index contributed by atoms with van der Waals surface area (Å²) in [5.74, 6) is 0. The van der Waals surface area contributed by atoms with Crippen LogP contribution in [0.1, 0.15) is 12.6 Å². The number of oxime groups is 1. The van der Waals surface area contributed by atoms with Crippen LogP contribution in [0.2, 0.25) is 0 Å². The first-order chi connectivity index (χ1) is 4.34. The number of hydrogen-bond donors (Lipinski definition) is 1. The molecule has 1 heterocycles. The Morgan fingerprint density at radius 3 is 3.11 bits per heavy atom. The van der Waals surface area contributed by atoms with Crippen LogP contribution in [0.15, 0.2) is 10.5 Å². The van der Waals surface area contributed by atoms with E-state index < -0.39 is 0 Å². The van der Waals surface area contributed by atoms with Gasteiger partial charge < -0.3 is 5.21 Å². The zero-order chi connectivity index (χ0) is 6.69. The minimum atomic E-state index is 0.490. The minimum Gasteiger partial charge on any atom is -0.411 e. The molecule has 0 aliphatic heterocycles. The van der Waals surface area contributed by atoms with Gasteiger partial charge in [0.15, 0.2) is 0 Å². The summed E-state index contributed by atoms with van der Waals surface area (Å²) in [7, 11) is 0. The third-order valence-corrected chi connectivity index (χ3v) is 1.39. The third kappa shape index (κ3) is 1.23. The second kappa shape index (κ2) is 2.54. The van der Waals surface area contributed by atoms with Crippen LogP contribution < -0.4 is 0 Å². The smallest absolute Gasteiger partial charge is 0.123 e. The first kappa shape index (κ1) is 6.15. The van der Waals surface area contributed by atoms with Crippen molar-refractivity contribution in [2.45, 2.75) is 6.92 Å². The Labute approximate surface area is 56.0 Å². The molecule has 0 amide bonds. The molecule has 0 radical (unpaired) electrons. The molecule has 1 aromatic heterocycles. The topological polar surface area (TPSA) is 58.4 Å². The van der Waals surface area contributed by atoms with Crippen molar-refractivity contribution in [3.63, 3.8) is 0 Å². The quantitative estimate of drug-likeness (QED) is 0.358. The van der Waals surface area contributed by atoms with Crippen LogP contribution in [0.5, 0.6) is 0 Å². The van der Waals surface area contributed by atoms with Gasteiger partial charge in [0.2, 0.25) is 0 Å². The Kier molecular flexibility index (Phi) is 1.74. The molecule has 0 bridgehead atoms. The van der Waals surface area contributed by atoms with Gasteiger partial charge in [-0.3, -0.25) is 0 Å². The van der Waals surface area contributed by atoms with Gasteiger partial charge >= 0.3 is 0 Å². The van der Waals surface area contributed by atoms with Gasteiger partial charge in [-0.2, -0.15) is 0 Å². The Bertz CT molecular complexity index is 206. The Morgan fingerprint density at radius 1 is 1.89 bits per heavy atom. The lowest BCUT2D eigenvalue weighted by Gasteiger charge is -1.84. The molecule has 0 aliphatic rings. The number of hydrogen-bond acceptors (Lipinski definition) is 5. The van der Waals surface area contributed by atoms with Gasteiger partial charge in [0.25, 0.3) is 0 Å². The molecule has 4 nitrogen and oxygen atoms in total. The van der Waals surface area contributed by atoms with Crippen LogP contribution >= 0.6 is 11.5 Å². The summed E-state index contributed by atoms with van der Waals surface area (Å²) in [6.45, 7) is 1.66. The standard InChI is InChI=1S/C4H5N3OS/c1-3(6-8)4-2-9-7-5-4/h2,8H,1H3/b6-3+. The van der Waals surface area contributed by atoms with Crippen LogP contribution in [-0.4, -0.2) is 20.5 Å². The van der Waals surface area contributed by atoms with E-state index in [4.69, 9.17) is 5.21 Å². The molecule has 0 saturated carbocycles. The molecule has 0 fully saturated rings. The zero-order valence-electron chi connectivity index (χ0n) is 4.77. The summed E-state index contributed by atoms with van der Waals surface area (Å²) in [5.41, 5.74) is 1.12. The molecule has 0 spiro atoms. The Morgan fingerprint density at radius 2 is 2.67 bits per heavy atom. The summed E-state index contributed by atoms with van der Waals surface area (Å²) in [6.07, 6.45) is 0. The molecule has 5 heteroatoms. The molecule has 1 aromatic rings. The fraction of sp³-hybridized carbons (Fsp3) is 0.250. The number of rotatable bonds is 1. The zero-order valence-corrected chi connectivity index (χ0v) is 5.59. The van der Waals surface area contributed by atoms with Crippen molar-refractivity contribution < 1.29 is 5.21 Å². The van der Waals surface area contributed by atoms with E-state index in [0.717, 1.165) is 0 Å². The summed E-state index contributed by atoms with van der Waals surface area (Å²) >= 11 is 1.23. The molecule has 1 N–H and O–H groups in total. The van der Waals surface area contributed by atoms with E-state index in [1.54, 1.807) is 12.3 Å². The predicted molar refractivity (Wildman–Crippen MR) is 33.9 cm³/mol. The lowest BCUT2D eigenvalue weighted by Crippen LogP contribution is -1.93. The van der Waals surface area contributed by atoms with Gasteiger partial charge in [0.1, 0.15) is 11.4 Å². The number of nitrogens with zero attached hydrogens (tertiary/aromatic N) is 3. The van der Waals surface area contributed by atoms with E-state index in [0.29, 0.717) is 11.4 Å². The van der Waals surface area contributed by atoms with Crippen LogP contribution in [0.25, 0.3) is 0 Å². The summed E-state index contributed by atoms with van der Waals surface area (Å²) in [4.78, 5) is 0. The fourth-order valence-electron chi connectivity index (χ4n) is 0.373. The van der Waals surface area contributed by atoms with Crippen molar-refractivity contribution in [2.24, 2.45) is 5.16 Å². The van der Waals surface area contributed by atoms with Gasteiger partial charge in [0.05, 0.1) is 0 Å². The van der Waals surface area contributed by atoms with Crippen LogP contribution in [-0.2, 0) is 0 Å². The Balaban J connectivity index is 2.90. The summed E-state index contributed by atoms with van der Waals surface area (Å²) < 4.78 is 3.59. The normalized spacial score (nSPS) is 11.9. The van der Waals surface area contributed by atoms with Gasteiger partial charge in [-0.15, -0.1) is 5.10 Å².